The van der Waals surface area contributed by atoms with E-state index in [1.54, 1.807) is 32.9 Å². The number of carbonyl (C=O) groups is 4. The van der Waals surface area contributed by atoms with E-state index in [-0.39, 0.29) is 49.6 Å². The van der Waals surface area contributed by atoms with Gasteiger partial charge in [0.05, 0.1) is 30.8 Å². The molecule has 0 radical (unpaired) electrons. The summed E-state index contributed by atoms with van der Waals surface area (Å²) < 4.78 is 48.1. The van der Waals surface area contributed by atoms with Crippen LogP contribution in [-0.4, -0.2) is 91.9 Å². The molecule has 2 aliphatic heterocycles. The summed E-state index contributed by atoms with van der Waals surface area (Å²) in [4.78, 5) is 50.8. The summed E-state index contributed by atoms with van der Waals surface area (Å²) in [5, 5.41) is 9.66. The third-order valence-corrected chi connectivity index (χ3v) is 9.46. The predicted octanol–water partition coefficient (Wildman–Crippen LogP) is 6.87. The minimum atomic E-state index is -3.55. The Morgan fingerprint density at radius 2 is 1.16 bits per heavy atom. The fraction of sp³-hybridized carbons (Fsp3) is 0.450. The first kappa shape index (κ1) is 44.7. The molecular formula is C40H53ClN2O11S. The van der Waals surface area contributed by atoms with Gasteiger partial charge in [-0.2, -0.15) is 0 Å². The molecule has 3 aromatic carbocycles. The Bertz CT molecular complexity index is 1660. The molecule has 0 saturated carbocycles. The van der Waals surface area contributed by atoms with Gasteiger partial charge in [-0.1, -0.05) is 99.1 Å². The molecular weight excluding hydrogens is 752 g/mol. The number of ether oxygens (including phenoxy) is 4. The quantitative estimate of drug-likeness (QED) is 0.136. The summed E-state index contributed by atoms with van der Waals surface area (Å²) in [6.07, 6.45) is -1.00. The number of esters is 2. The number of carbonyl (C=O) groups excluding carboxylic acids is 4. The van der Waals surface area contributed by atoms with Crippen LogP contribution in [0, 0.1) is 12.8 Å². The lowest BCUT2D eigenvalue weighted by Crippen LogP contribution is -2.41. The van der Waals surface area contributed by atoms with Gasteiger partial charge in [0.15, 0.2) is 0 Å². The topological polar surface area (TPSA) is 166 Å². The van der Waals surface area contributed by atoms with Crippen LogP contribution in [0.4, 0.5) is 9.59 Å². The summed E-state index contributed by atoms with van der Waals surface area (Å²) >= 11 is 0. The number of aliphatic hydroxyl groups excluding tert-OH is 1. The van der Waals surface area contributed by atoms with Gasteiger partial charge in [-0.25, -0.2) is 27.6 Å². The number of rotatable bonds is 9. The first-order valence-electron chi connectivity index (χ1n) is 18.6. The maximum absolute atomic E-state index is 12.2. The Hall–Kier alpha value is -4.66. The number of hydrogen-bond donors (Lipinski definition) is 1. The standard InChI is InChI=1S/C16H21NO4.C15H19NO5.C7H7ClO2S.C2H6/c1-3-20-15(18)14-9-12(2)10-17(14)16(19)21-11-13-7-5-4-6-8-13;1-2-20-14(18)13-8-12(17)9-16(13)15(19)21-10-11-6-4-3-5-7-11;1-6-2-4-7(5-3-6)11(8,9)10;1-2/h4-8,12,14H,3,9-11H2,1-2H3;3-7,12-13,17H,2,8-10H2,1H3;2-5H,1H3;1-2H3/t12-,14+;12-,13+;;/m11../s1/i;;;1D. The van der Waals surface area contributed by atoms with Gasteiger partial charge in [-0.3, -0.25) is 9.80 Å². The van der Waals surface area contributed by atoms with Gasteiger partial charge >= 0.3 is 24.1 Å². The van der Waals surface area contributed by atoms with Crippen LogP contribution in [0.2, 0.25) is 0 Å². The average Bonchev–Trinajstić information content (AvgIpc) is 3.77. The van der Waals surface area contributed by atoms with Crippen molar-refractivity contribution in [3.05, 3.63) is 102 Å². The van der Waals surface area contributed by atoms with E-state index >= 15 is 0 Å². The summed E-state index contributed by atoms with van der Waals surface area (Å²) in [6, 6.07) is 23.8. The van der Waals surface area contributed by atoms with Crippen LogP contribution in [0.25, 0.3) is 0 Å². The monoisotopic (exact) mass is 805 g/mol. The molecule has 2 heterocycles. The highest BCUT2D eigenvalue weighted by atomic mass is 35.7. The van der Waals surface area contributed by atoms with Crippen LogP contribution in [0.15, 0.2) is 89.8 Å². The first-order chi connectivity index (χ1) is 26.6. The fourth-order valence-electron chi connectivity index (χ4n) is 5.49. The number of β-amino-alcohol motifs (C(OH)–C–C–N with tert-alkyl or cyclic N) is 1. The van der Waals surface area contributed by atoms with E-state index < -0.39 is 45.4 Å². The molecule has 15 heteroatoms. The number of aryl methyl sites for hydroxylation is 1. The highest BCUT2D eigenvalue weighted by molar-refractivity contribution is 8.13. The third-order valence-electron chi connectivity index (χ3n) is 8.09. The normalized spacial score (nSPS) is 18.8. The van der Waals surface area contributed by atoms with E-state index in [2.05, 4.69) is 0 Å². The van der Waals surface area contributed by atoms with Gasteiger partial charge in [0, 0.05) is 25.0 Å². The lowest BCUT2D eigenvalue weighted by Gasteiger charge is -2.22. The molecule has 0 unspecified atom stereocenters. The van der Waals surface area contributed by atoms with Crippen LogP contribution in [-0.2, 0) is 50.8 Å². The minimum absolute atomic E-state index is 0.0805. The largest absolute Gasteiger partial charge is 0.464 e. The molecule has 302 valence electrons. The molecule has 5 rings (SSSR count). The number of aliphatic hydroxyl groups is 1. The van der Waals surface area contributed by atoms with Crippen LogP contribution in [0.5, 0.6) is 0 Å². The summed E-state index contributed by atoms with van der Waals surface area (Å²) in [5.41, 5.74) is 2.79. The van der Waals surface area contributed by atoms with E-state index in [0.717, 1.165) is 16.7 Å². The van der Waals surface area contributed by atoms with E-state index in [4.69, 9.17) is 31.0 Å². The van der Waals surface area contributed by atoms with Crippen molar-refractivity contribution in [2.75, 3.05) is 26.3 Å². The number of nitrogens with zero attached hydrogens (tertiary/aromatic N) is 2. The fourth-order valence-corrected chi connectivity index (χ4v) is 6.26. The summed E-state index contributed by atoms with van der Waals surface area (Å²) in [5.74, 6) is -0.590. The van der Waals surface area contributed by atoms with Gasteiger partial charge in [0.2, 0.25) is 0 Å². The van der Waals surface area contributed by atoms with Crippen molar-refractivity contribution in [2.24, 2.45) is 5.92 Å². The number of halogens is 1. The summed E-state index contributed by atoms with van der Waals surface area (Å²) in [7, 11) is 1.54. The van der Waals surface area contributed by atoms with Crippen molar-refractivity contribution >= 4 is 43.9 Å². The predicted molar refractivity (Wildman–Crippen MR) is 207 cm³/mol. The zero-order chi connectivity index (χ0) is 41.7. The van der Waals surface area contributed by atoms with Gasteiger partial charge in [-0.15, -0.1) is 0 Å². The lowest BCUT2D eigenvalue weighted by atomic mass is 10.1. The lowest BCUT2D eigenvalue weighted by molar-refractivity contribution is -0.148. The number of hydrogen-bond acceptors (Lipinski definition) is 11. The van der Waals surface area contributed by atoms with Gasteiger partial charge < -0.3 is 24.1 Å². The van der Waals surface area contributed by atoms with Crippen molar-refractivity contribution < 1.29 is 53.0 Å². The highest BCUT2D eigenvalue weighted by Crippen LogP contribution is 2.25. The van der Waals surface area contributed by atoms with Crippen LogP contribution < -0.4 is 0 Å². The van der Waals surface area contributed by atoms with Crippen molar-refractivity contribution in [3.8, 4) is 0 Å². The number of amides is 2. The molecule has 4 atom stereocenters. The maximum Gasteiger partial charge on any atom is 0.410 e. The Balaban J connectivity index is 0.000000292. The molecule has 2 aliphatic rings. The Morgan fingerprint density at radius 3 is 1.58 bits per heavy atom. The maximum atomic E-state index is 12.2. The highest BCUT2D eigenvalue weighted by Gasteiger charge is 2.41. The van der Waals surface area contributed by atoms with Crippen LogP contribution >= 0.6 is 10.7 Å². The zero-order valence-electron chi connectivity index (χ0n) is 33.0. The smallest absolute Gasteiger partial charge is 0.410 e. The molecule has 13 nitrogen and oxygen atoms in total. The Kier molecular flexibility index (Phi) is 19.5. The molecule has 0 aromatic heterocycles. The molecule has 2 saturated heterocycles. The second-order valence-corrected chi connectivity index (χ2v) is 15.0. The molecule has 3 aromatic rings. The average molecular weight is 806 g/mol. The minimum Gasteiger partial charge on any atom is -0.464 e. The summed E-state index contributed by atoms with van der Waals surface area (Å²) in [6.45, 7) is 11.1. The van der Waals surface area contributed by atoms with Crippen molar-refractivity contribution in [1.29, 1.82) is 0 Å². The first-order valence-corrected chi connectivity index (χ1v) is 20.2. The second-order valence-electron chi connectivity index (χ2n) is 12.4. The Labute approximate surface area is 330 Å². The van der Waals surface area contributed by atoms with E-state index in [1.807, 2.05) is 74.5 Å². The molecule has 0 aliphatic carbocycles. The van der Waals surface area contributed by atoms with Gasteiger partial charge in [0.1, 0.15) is 25.3 Å². The molecule has 55 heavy (non-hydrogen) atoms. The van der Waals surface area contributed by atoms with Crippen LogP contribution in [0.3, 0.4) is 0 Å². The van der Waals surface area contributed by atoms with Gasteiger partial charge in [-0.05, 0) is 56.4 Å². The Morgan fingerprint density at radius 1 is 0.745 bits per heavy atom. The zero-order valence-corrected chi connectivity index (χ0v) is 33.5. The van der Waals surface area contributed by atoms with Crippen molar-refractivity contribution in [1.82, 2.24) is 9.80 Å². The number of benzene rings is 3. The second kappa shape index (κ2) is 24.0. The molecule has 1 N–H and O–H groups in total. The molecule has 0 spiro atoms. The van der Waals surface area contributed by atoms with Crippen LogP contribution in [0.1, 0.15) is 65.5 Å². The van der Waals surface area contributed by atoms with Gasteiger partial charge in [0.25, 0.3) is 9.05 Å². The molecule has 2 amide bonds. The molecule has 2 fully saturated rings. The van der Waals surface area contributed by atoms with E-state index in [9.17, 15) is 32.7 Å². The van der Waals surface area contributed by atoms with E-state index in [1.165, 1.54) is 21.9 Å². The van der Waals surface area contributed by atoms with E-state index in [0.29, 0.717) is 26.5 Å². The number of likely N-dealkylation sites (tertiary alicyclic amines) is 2. The molecule has 0 bridgehead atoms. The third kappa shape index (κ3) is 15.9. The SMILES string of the molecule is CCOC(=O)[C@@H]1C[C@@H](C)CN1C(=O)OCc1ccccc1.CCOC(=O)[C@@H]1C[C@@H](O)CN1C(=O)OCc1ccccc1.Cc1ccc(S(=O)(=O)Cl)cc1.[2H]CC. The van der Waals surface area contributed by atoms with Crippen molar-refractivity contribution in [2.45, 2.75) is 90.7 Å². The van der Waals surface area contributed by atoms with Crippen molar-refractivity contribution in [3.63, 3.8) is 0 Å².